The summed E-state index contributed by atoms with van der Waals surface area (Å²) in [7, 11) is 0. The molecule has 3 rings (SSSR count). The molecule has 0 aliphatic heterocycles. The smallest absolute Gasteiger partial charge is 0.0146 e. The van der Waals surface area contributed by atoms with E-state index in [2.05, 4.69) is 51.1 Å². The van der Waals surface area contributed by atoms with E-state index in [1.165, 1.54) is 46.2 Å². The first-order valence-corrected chi connectivity index (χ1v) is 6.36. The van der Waals surface area contributed by atoms with Crippen molar-refractivity contribution in [3.05, 3.63) is 58.1 Å². The molecule has 0 nitrogen and oxygen atoms in total. The van der Waals surface area contributed by atoms with Crippen molar-refractivity contribution in [2.24, 2.45) is 0 Å². The zero-order valence-electron chi connectivity index (χ0n) is 10.8. The fourth-order valence-electron chi connectivity index (χ4n) is 2.90. The zero-order valence-corrected chi connectivity index (χ0v) is 10.8. The number of hydrogen-bond acceptors (Lipinski definition) is 0. The van der Waals surface area contributed by atoms with Crippen molar-refractivity contribution < 1.29 is 0 Å². The van der Waals surface area contributed by atoms with Crippen LogP contribution < -0.4 is 0 Å². The molecule has 0 atom stereocenters. The van der Waals surface area contributed by atoms with Crippen LogP contribution in [0, 0.1) is 20.8 Å². The molecule has 17 heavy (non-hydrogen) atoms. The minimum Gasteiger partial charge on any atom is -0.0587 e. The Hall–Kier alpha value is -1.56. The SMILES string of the molecule is Cc1ccc2c(c1)CCc1c-2ccc(C)c1C. The van der Waals surface area contributed by atoms with Crippen molar-refractivity contribution in [3.63, 3.8) is 0 Å². The van der Waals surface area contributed by atoms with E-state index < -0.39 is 0 Å². The molecule has 0 unspecified atom stereocenters. The standard InChI is InChI=1S/C17H18/c1-11-4-7-16-14(10-11)6-9-15-13(3)12(2)5-8-17(15)16/h4-5,7-8,10H,6,9H2,1-3H3. The van der Waals surface area contributed by atoms with Gasteiger partial charge in [0.25, 0.3) is 0 Å². The first-order valence-electron chi connectivity index (χ1n) is 6.36. The van der Waals surface area contributed by atoms with Crippen LogP contribution in [0.25, 0.3) is 11.1 Å². The molecular formula is C17H18. The fourth-order valence-corrected chi connectivity index (χ4v) is 2.90. The van der Waals surface area contributed by atoms with Gasteiger partial charge in [-0.2, -0.15) is 0 Å². The molecule has 2 aromatic rings. The molecular weight excluding hydrogens is 204 g/mol. The summed E-state index contributed by atoms with van der Waals surface area (Å²) in [4.78, 5) is 0. The van der Waals surface area contributed by atoms with Gasteiger partial charge < -0.3 is 0 Å². The summed E-state index contributed by atoms with van der Waals surface area (Å²) in [6, 6.07) is 11.4. The van der Waals surface area contributed by atoms with E-state index in [0.29, 0.717) is 0 Å². The molecule has 0 radical (unpaired) electrons. The van der Waals surface area contributed by atoms with E-state index in [-0.39, 0.29) is 0 Å². The van der Waals surface area contributed by atoms with Crippen LogP contribution >= 0.6 is 0 Å². The first kappa shape index (κ1) is 10.6. The molecule has 1 aliphatic carbocycles. The summed E-state index contributed by atoms with van der Waals surface area (Å²) in [6.45, 7) is 6.64. The van der Waals surface area contributed by atoms with Crippen molar-refractivity contribution in [1.29, 1.82) is 0 Å². The van der Waals surface area contributed by atoms with Gasteiger partial charge in [0.05, 0.1) is 0 Å². The Morgan fingerprint density at radius 1 is 0.824 bits per heavy atom. The van der Waals surface area contributed by atoms with Crippen LogP contribution in [0.15, 0.2) is 30.3 Å². The molecule has 0 fully saturated rings. The third kappa shape index (κ3) is 1.59. The highest BCUT2D eigenvalue weighted by Gasteiger charge is 2.17. The van der Waals surface area contributed by atoms with Gasteiger partial charge in [0.15, 0.2) is 0 Å². The van der Waals surface area contributed by atoms with Gasteiger partial charge >= 0.3 is 0 Å². The lowest BCUT2D eigenvalue weighted by Crippen LogP contribution is -2.06. The Bertz CT molecular complexity index is 591. The molecule has 2 aromatic carbocycles. The third-order valence-electron chi connectivity index (χ3n) is 4.06. The van der Waals surface area contributed by atoms with Gasteiger partial charge in [-0.05, 0) is 67.0 Å². The van der Waals surface area contributed by atoms with Gasteiger partial charge in [-0.15, -0.1) is 0 Å². The number of aryl methyl sites for hydroxylation is 3. The van der Waals surface area contributed by atoms with Crippen molar-refractivity contribution >= 4 is 0 Å². The van der Waals surface area contributed by atoms with E-state index in [0.717, 1.165) is 0 Å². The Morgan fingerprint density at radius 2 is 1.59 bits per heavy atom. The number of rotatable bonds is 0. The van der Waals surface area contributed by atoms with Crippen molar-refractivity contribution in [2.45, 2.75) is 33.6 Å². The maximum Gasteiger partial charge on any atom is -0.0146 e. The number of hydrogen-bond donors (Lipinski definition) is 0. The minimum atomic E-state index is 1.19. The quantitative estimate of drug-likeness (QED) is 0.620. The predicted molar refractivity (Wildman–Crippen MR) is 73.5 cm³/mol. The molecule has 0 saturated carbocycles. The largest absolute Gasteiger partial charge is 0.0587 e. The third-order valence-corrected chi connectivity index (χ3v) is 4.06. The summed E-state index contributed by atoms with van der Waals surface area (Å²) in [5, 5.41) is 0. The van der Waals surface area contributed by atoms with Gasteiger partial charge in [-0.1, -0.05) is 35.9 Å². The maximum absolute atomic E-state index is 2.34. The van der Waals surface area contributed by atoms with Gasteiger partial charge in [0.2, 0.25) is 0 Å². The monoisotopic (exact) mass is 222 g/mol. The highest BCUT2D eigenvalue weighted by Crippen LogP contribution is 2.36. The first-order chi connectivity index (χ1) is 8.16. The lowest BCUT2D eigenvalue weighted by Gasteiger charge is -2.23. The highest BCUT2D eigenvalue weighted by atomic mass is 14.2. The number of fused-ring (bicyclic) bond motifs is 3. The highest BCUT2D eigenvalue weighted by molar-refractivity contribution is 5.75. The normalized spacial score (nSPS) is 13.1. The molecule has 0 heteroatoms. The van der Waals surface area contributed by atoms with E-state index in [1.54, 1.807) is 5.56 Å². The Balaban J connectivity index is 2.27. The molecule has 0 amide bonds. The lowest BCUT2D eigenvalue weighted by molar-refractivity contribution is 0.925. The van der Waals surface area contributed by atoms with Crippen LogP contribution in [0.4, 0.5) is 0 Å². The molecule has 86 valence electrons. The second kappa shape index (κ2) is 3.73. The fraction of sp³-hybridized carbons (Fsp3) is 0.294. The van der Waals surface area contributed by atoms with Gasteiger partial charge in [-0.3, -0.25) is 0 Å². The Morgan fingerprint density at radius 3 is 2.41 bits per heavy atom. The zero-order chi connectivity index (χ0) is 12.0. The summed E-state index contributed by atoms with van der Waals surface area (Å²) < 4.78 is 0. The molecule has 0 aromatic heterocycles. The second-order valence-corrected chi connectivity index (χ2v) is 5.19. The minimum absolute atomic E-state index is 1.19. The van der Waals surface area contributed by atoms with E-state index in [1.807, 2.05) is 0 Å². The van der Waals surface area contributed by atoms with Crippen molar-refractivity contribution in [3.8, 4) is 11.1 Å². The van der Waals surface area contributed by atoms with Gasteiger partial charge in [0.1, 0.15) is 0 Å². The number of benzene rings is 2. The summed E-state index contributed by atoms with van der Waals surface area (Å²) in [5.41, 5.74) is 10.2. The molecule has 1 aliphatic rings. The van der Waals surface area contributed by atoms with E-state index >= 15 is 0 Å². The van der Waals surface area contributed by atoms with Gasteiger partial charge in [0, 0.05) is 0 Å². The van der Waals surface area contributed by atoms with Gasteiger partial charge in [-0.25, -0.2) is 0 Å². The van der Waals surface area contributed by atoms with Crippen LogP contribution in [-0.2, 0) is 12.8 Å². The maximum atomic E-state index is 2.34. The molecule has 0 spiro atoms. The molecule has 0 heterocycles. The van der Waals surface area contributed by atoms with E-state index in [4.69, 9.17) is 0 Å². The van der Waals surface area contributed by atoms with E-state index in [9.17, 15) is 0 Å². The van der Waals surface area contributed by atoms with Crippen LogP contribution in [0.2, 0.25) is 0 Å². The molecule has 0 bridgehead atoms. The lowest BCUT2D eigenvalue weighted by atomic mass is 9.82. The topological polar surface area (TPSA) is 0 Å². The van der Waals surface area contributed by atoms with Crippen molar-refractivity contribution in [2.75, 3.05) is 0 Å². The Kier molecular flexibility index (Phi) is 2.32. The van der Waals surface area contributed by atoms with Crippen LogP contribution in [0.3, 0.4) is 0 Å². The molecule has 0 saturated heterocycles. The second-order valence-electron chi connectivity index (χ2n) is 5.19. The summed E-state index contributed by atoms with van der Waals surface area (Å²) >= 11 is 0. The van der Waals surface area contributed by atoms with Crippen molar-refractivity contribution in [1.82, 2.24) is 0 Å². The van der Waals surface area contributed by atoms with Crippen LogP contribution in [0.1, 0.15) is 27.8 Å². The molecule has 0 N–H and O–H groups in total. The van der Waals surface area contributed by atoms with Crippen LogP contribution in [-0.4, -0.2) is 0 Å². The average molecular weight is 222 g/mol. The average Bonchev–Trinajstić information content (AvgIpc) is 2.33. The summed E-state index contributed by atoms with van der Waals surface area (Å²) in [6.07, 6.45) is 2.38. The summed E-state index contributed by atoms with van der Waals surface area (Å²) in [5.74, 6) is 0. The predicted octanol–water partition coefficient (Wildman–Crippen LogP) is 4.38. The van der Waals surface area contributed by atoms with Crippen LogP contribution in [0.5, 0.6) is 0 Å². The Labute approximate surface area is 103 Å².